The SMILES string of the molecule is C[C@H](Nc1nccc(-c2c(-c3ccc(F)cc3)c(=O)n3n2CC(N(C)C)C3)n1)c1ccccc1. The van der Waals surface area contributed by atoms with Crippen LogP contribution in [0, 0.1) is 5.82 Å². The first kappa shape index (κ1) is 22.0. The van der Waals surface area contributed by atoms with E-state index in [1.807, 2.05) is 43.0 Å². The minimum atomic E-state index is -0.340. The molecule has 2 aromatic carbocycles. The minimum absolute atomic E-state index is 0.00798. The largest absolute Gasteiger partial charge is 0.348 e. The lowest BCUT2D eigenvalue weighted by molar-refractivity contribution is 0.283. The molecule has 0 amide bonds. The molecule has 34 heavy (non-hydrogen) atoms. The van der Waals surface area contributed by atoms with E-state index >= 15 is 0 Å². The number of fused-ring (bicyclic) bond motifs is 1. The summed E-state index contributed by atoms with van der Waals surface area (Å²) in [5.74, 6) is 0.141. The van der Waals surface area contributed by atoms with E-state index in [2.05, 4.69) is 34.3 Å². The second kappa shape index (κ2) is 8.87. The summed E-state index contributed by atoms with van der Waals surface area (Å²) in [6, 6.07) is 18.2. The summed E-state index contributed by atoms with van der Waals surface area (Å²) >= 11 is 0. The average molecular weight is 459 g/mol. The van der Waals surface area contributed by atoms with Gasteiger partial charge in [-0.1, -0.05) is 42.5 Å². The van der Waals surface area contributed by atoms with Gasteiger partial charge in [0.05, 0.1) is 36.1 Å². The maximum atomic E-state index is 13.6. The normalized spacial score (nSPS) is 16.0. The van der Waals surface area contributed by atoms with Gasteiger partial charge in [0, 0.05) is 12.2 Å². The van der Waals surface area contributed by atoms with Crippen molar-refractivity contribution < 1.29 is 4.39 Å². The van der Waals surface area contributed by atoms with E-state index in [0.717, 1.165) is 11.3 Å². The van der Waals surface area contributed by atoms with Crippen molar-refractivity contribution in [2.24, 2.45) is 0 Å². The Morgan fingerprint density at radius 1 is 1.03 bits per heavy atom. The van der Waals surface area contributed by atoms with Gasteiger partial charge in [-0.15, -0.1) is 0 Å². The molecular formula is C26H27FN6O. The van der Waals surface area contributed by atoms with Gasteiger partial charge in [0.2, 0.25) is 5.95 Å². The molecule has 2 atom stereocenters. The standard InChI is InChI=1S/C26H27FN6O/c1-17(18-7-5-4-6-8-18)29-26-28-14-13-22(30-26)24-23(19-9-11-20(27)12-10-19)25(34)33-16-21(31(2)3)15-32(24)33/h4-14,17,21H,15-16H2,1-3H3,(H,28,29,30)/t17-,21?/m0/s1. The van der Waals surface area contributed by atoms with Crippen molar-refractivity contribution in [2.45, 2.75) is 32.1 Å². The average Bonchev–Trinajstić information content (AvgIpc) is 3.39. The van der Waals surface area contributed by atoms with Crippen molar-refractivity contribution in [1.29, 1.82) is 0 Å². The highest BCUT2D eigenvalue weighted by Gasteiger charge is 2.31. The lowest BCUT2D eigenvalue weighted by Crippen LogP contribution is -2.31. The number of hydrogen-bond acceptors (Lipinski definition) is 5. The van der Waals surface area contributed by atoms with Gasteiger partial charge >= 0.3 is 0 Å². The summed E-state index contributed by atoms with van der Waals surface area (Å²) < 4.78 is 17.4. The number of benzene rings is 2. The van der Waals surface area contributed by atoms with Crippen LogP contribution in [0.25, 0.3) is 22.5 Å². The molecule has 5 rings (SSSR count). The molecule has 0 fully saturated rings. The summed E-state index contributed by atoms with van der Waals surface area (Å²) in [6.45, 7) is 3.30. The zero-order chi connectivity index (χ0) is 23.8. The predicted octanol–water partition coefficient (Wildman–Crippen LogP) is 4.03. The predicted molar refractivity (Wildman–Crippen MR) is 131 cm³/mol. The Kier molecular flexibility index (Phi) is 5.75. The maximum Gasteiger partial charge on any atom is 0.275 e. The summed E-state index contributed by atoms with van der Waals surface area (Å²) in [4.78, 5) is 24.9. The van der Waals surface area contributed by atoms with Crippen LogP contribution in [0.5, 0.6) is 0 Å². The van der Waals surface area contributed by atoms with Crippen LogP contribution >= 0.6 is 0 Å². The topological polar surface area (TPSA) is 68.0 Å². The highest BCUT2D eigenvalue weighted by atomic mass is 19.1. The molecule has 0 spiro atoms. The van der Waals surface area contributed by atoms with Gasteiger partial charge in [-0.2, -0.15) is 0 Å². The number of hydrogen-bond donors (Lipinski definition) is 1. The fourth-order valence-corrected chi connectivity index (χ4v) is 4.46. The Morgan fingerprint density at radius 2 is 1.74 bits per heavy atom. The molecule has 1 unspecified atom stereocenters. The lowest BCUT2D eigenvalue weighted by Gasteiger charge is -2.18. The molecule has 0 bridgehead atoms. The molecule has 0 saturated heterocycles. The summed E-state index contributed by atoms with van der Waals surface area (Å²) in [5.41, 5.74) is 3.59. The van der Waals surface area contributed by atoms with Crippen LogP contribution in [0.1, 0.15) is 18.5 Å². The lowest BCUT2D eigenvalue weighted by atomic mass is 10.0. The molecule has 7 nitrogen and oxygen atoms in total. The zero-order valence-electron chi connectivity index (χ0n) is 19.4. The van der Waals surface area contributed by atoms with Gasteiger partial charge in [0.15, 0.2) is 0 Å². The molecule has 1 aliphatic rings. The number of nitrogens with zero attached hydrogens (tertiary/aromatic N) is 5. The fourth-order valence-electron chi connectivity index (χ4n) is 4.46. The molecule has 1 N–H and O–H groups in total. The Morgan fingerprint density at radius 3 is 2.44 bits per heavy atom. The van der Waals surface area contributed by atoms with E-state index in [9.17, 15) is 9.18 Å². The molecule has 4 aromatic rings. The molecule has 174 valence electrons. The molecule has 3 heterocycles. The Bertz CT molecular complexity index is 1360. The van der Waals surface area contributed by atoms with E-state index in [4.69, 9.17) is 4.98 Å². The van der Waals surface area contributed by atoms with Crippen LogP contribution in [0.15, 0.2) is 71.7 Å². The highest BCUT2D eigenvalue weighted by molar-refractivity contribution is 5.79. The second-order valence-corrected chi connectivity index (χ2v) is 8.86. The third-order valence-corrected chi connectivity index (χ3v) is 6.41. The van der Waals surface area contributed by atoms with Crippen LogP contribution in [0.3, 0.4) is 0 Å². The number of aromatic nitrogens is 4. The van der Waals surface area contributed by atoms with Crippen LogP contribution in [0.4, 0.5) is 10.3 Å². The zero-order valence-corrected chi connectivity index (χ0v) is 19.4. The number of likely N-dealkylation sites (N-methyl/N-ethyl adjacent to an activating group) is 1. The molecule has 0 radical (unpaired) electrons. The van der Waals surface area contributed by atoms with Crippen molar-refractivity contribution >= 4 is 5.95 Å². The Labute approximate surface area is 197 Å². The van der Waals surface area contributed by atoms with E-state index < -0.39 is 0 Å². The highest BCUT2D eigenvalue weighted by Crippen LogP contribution is 2.32. The minimum Gasteiger partial charge on any atom is -0.348 e. The summed E-state index contributed by atoms with van der Waals surface area (Å²) in [6.07, 6.45) is 1.70. The van der Waals surface area contributed by atoms with Gasteiger partial charge in [-0.3, -0.25) is 9.48 Å². The van der Waals surface area contributed by atoms with Gasteiger partial charge in [-0.25, -0.2) is 19.0 Å². The van der Waals surface area contributed by atoms with Crippen LogP contribution in [0.2, 0.25) is 0 Å². The molecule has 1 aliphatic heterocycles. The van der Waals surface area contributed by atoms with Gasteiger partial charge < -0.3 is 10.2 Å². The number of anilines is 1. The maximum absolute atomic E-state index is 13.6. The van der Waals surface area contributed by atoms with Gasteiger partial charge in [0.1, 0.15) is 5.82 Å². The van der Waals surface area contributed by atoms with Crippen molar-refractivity contribution in [3.8, 4) is 22.5 Å². The first-order valence-corrected chi connectivity index (χ1v) is 11.3. The number of halogens is 1. The first-order valence-electron chi connectivity index (χ1n) is 11.3. The molecule has 0 saturated carbocycles. The van der Waals surface area contributed by atoms with Crippen molar-refractivity contribution in [2.75, 3.05) is 19.4 Å². The Balaban J connectivity index is 1.59. The first-order chi connectivity index (χ1) is 16.4. The van der Waals surface area contributed by atoms with Crippen LogP contribution < -0.4 is 10.9 Å². The third-order valence-electron chi connectivity index (χ3n) is 6.41. The third kappa shape index (κ3) is 4.01. The number of nitrogens with one attached hydrogen (secondary N) is 1. The fraction of sp³-hybridized carbons (Fsp3) is 0.269. The van der Waals surface area contributed by atoms with E-state index in [-0.39, 0.29) is 23.5 Å². The van der Waals surface area contributed by atoms with Crippen LogP contribution in [-0.4, -0.2) is 44.4 Å². The van der Waals surface area contributed by atoms with Gasteiger partial charge in [0.25, 0.3) is 5.56 Å². The molecular weight excluding hydrogens is 431 g/mol. The van der Waals surface area contributed by atoms with E-state index in [1.165, 1.54) is 12.1 Å². The molecule has 8 heteroatoms. The van der Waals surface area contributed by atoms with Crippen molar-refractivity contribution in [3.05, 3.63) is 88.6 Å². The summed E-state index contributed by atoms with van der Waals surface area (Å²) in [5, 5.41) is 3.36. The van der Waals surface area contributed by atoms with Crippen molar-refractivity contribution in [1.82, 2.24) is 24.2 Å². The molecule has 0 aliphatic carbocycles. The van der Waals surface area contributed by atoms with Crippen molar-refractivity contribution in [3.63, 3.8) is 0 Å². The van der Waals surface area contributed by atoms with Crippen LogP contribution in [-0.2, 0) is 13.1 Å². The summed E-state index contributed by atoms with van der Waals surface area (Å²) in [7, 11) is 4.03. The smallest absolute Gasteiger partial charge is 0.275 e. The molecule has 2 aromatic heterocycles. The van der Waals surface area contributed by atoms with E-state index in [1.54, 1.807) is 23.0 Å². The quantitative estimate of drug-likeness (QED) is 0.473. The van der Waals surface area contributed by atoms with Gasteiger partial charge in [-0.05, 0) is 50.3 Å². The number of rotatable bonds is 6. The monoisotopic (exact) mass is 458 g/mol. The van der Waals surface area contributed by atoms with E-state index in [0.29, 0.717) is 35.9 Å². The second-order valence-electron chi connectivity index (χ2n) is 8.86. The Hall–Kier alpha value is -3.78.